The number of hydrogen-bond acceptors (Lipinski definition) is 3. The summed E-state index contributed by atoms with van der Waals surface area (Å²) in [6.07, 6.45) is 0. The van der Waals surface area contributed by atoms with Gasteiger partial charge in [-0.1, -0.05) is 42.0 Å². The number of amides is 1. The third kappa shape index (κ3) is 4.24. The molecule has 0 unspecified atom stereocenters. The number of rotatable bonds is 6. The van der Waals surface area contributed by atoms with E-state index in [0.717, 1.165) is 16.7 Å². The molecule has 0 aliphatic heterocycles. The second-order valence-corrected chi connectivity index (χ2v) is 6.33. The van der Waals surface area contributed by atoms with E-state index >= 15 is 0 Å². The van der Waals surface area contributed by atoms with Crippen molar-refractivity contribution in [3.8, 4) is 16.9 Å². The molecule has 0 radical (unpaired) electrons. The maximum Gasteiger partial charge on any atom is 0.258 e. The zero-order valence-electron chi connectivity index (χ0n) is 13.5. The van der Waals surface area contributed by atoms with Crippen molar-refractivity contribution in [2.24, 2.45) is 0 Å². The molecular weight excluding hydrogens is 318 g/mol. The minimum Gasteiger partial charge on any atom is -0.484 e. The molecule has 24 heavy (non-hydrogen) atoms. The molecule has 4 heteroatoms. The topological polar surface area (TPSA) is 38.3 Å². The molecule has 1 amide bonds. The van der Waals surface area contributed by atoms with Gasteiger partial charge in [0, 0.05) is 6.54 Å². The molecule has 1 aromatic heterocycles. The second kappa shape index (κ2) is 7.79. The van der Waals surface area contributed by atoms with Crippen molar-refractivity contribution in [2.45, 2.75) is 13.5 Å². The standard InChI is InChI=1S/C20H19NO2S/c1-15-6-8-18(9-7-15)23-13-20(22)21-12-16-4-2-3-5-19(16)17-10-11-24-14-17/h2-11,14H,12-13H2,1H3,(H,21,22). The highest BCUT2D eigenvalue weighted by Crippen LogP contribution is 2.25. The Morgan fingerprint density at radius 1 is 1.08 bits per heavy atom. The third-order valence-electron chi connectivity index (χ3n) is 3.72. The Kier molecular flexibility index (Phi) is 5.29. The lowest BCUT2D eigenvalue weighted by atomic mass is 10.0. The first-order valence-electron chi connectivity index (χ1n) is 7.79. The second-order valence-electron chi connectivity index (χ2n) is 5.55. The molecule has 3 aromatic rings. The van der Waals surface area contributed by atoms with Gasteiger partial charge in [0.25, 0.3) is 5.91 Å². The average Bonchev–Trinajstić information content (AvgIpc) is 3.14. The Labute approximate surface area is 145 Å². The normalized spacial score (nSPS) is 10.4. The summed E-state index contributed by atoms with van der Waals surface area (Å²) >= 11 is 1.67. The van der Waals surface area contributed by atoms with E-state index in [0.29, 0.717) is 12.3 Å². The Balaban J connectivity index is 1.56. The van der Waals surface area contributed by atoms with Gasteiger partial charge in [-0.05, 0) is 52.6 Å². The van der Waals surface area contributed by atoms with Crippen LogP contribution in [0.1, 0.15) is 11.1 Å². The van der Waals surface area contributed by atoms with E-state index in [2.05, 4.69) is 28.2 Å². The van der Waals surface area contributed by atoms with Crippen LogP contribution in [0.5, 0.6) is 5.75 Å². The fourth-order valence-electron chi connectivity index (χ4n) is 2.40. The number of ether oxygens (including phenoxy) is 1. The van der Waals surface area contributed by atoms with Gasteiger partial charge in [0.15, 0.2) is 6.61 Å². The fourth-order valence-corrected chi connectivity index (χ4v) is 3.06. The molecule has 0 spiro atoms. The number of carbonyl (C=O) groups is 1. The van der Waals surface area contributed by atoms with Crippen molar-refractivity contribution in [3.05, 3.63) is 76.5 Å². The number of thiophene rings is 1. The Morgan fingerprint density at radius 3 is 2.62 bits per heavy atom. The predicted octanol–water partition coefficient (Wildman–Crippen LogP) is 4.42. The summed E-state index contributed by atoms with van der Waals surface area (Å²) in [5.74, 6) is 0.574. The van der Waals surface area contributed by atoms with E-state index in [1.54, 1.807) is 11.3 Å². The number of carbonyl (C=O) groups excluding carboxylic acids is 1. The highest BCUT2D eigenvalue weighted by atomic mass is 32.1. The Bertz CT molecular complexity index is 795. The number of benzene rings is 2. The molecule has 0 atom stereocenters. The zero-order valence-corrected chi connectivity index (χ0v) is 14.3. The van der Waals surface area contributed by atoms with Gasteiger partial charge in [0.1, 0.15) is 5.75 Å². The average molecular weight is 337 g/mol. The van der Waals surface area contributed by atoms with Crippen molar-refractivity contribution < 1.29 is 9.53 Å². The lowest BCUT2D eigenvalue weighted by Gasteiger charge is -2.11. The molecule has 0 aliphatic carbocycles. The molecule has 0 saturated heterocycles. The highest BCUT2D eigenvalue weighted by Gasteiger charge is 2.07. The first-order chi connectivity index (χ1) is 11.7. The van der Waals surface area contributed by atoms with E-state index in [1.165, 1.54) is 5.56 Å². The summed E-state index contributed by atoms with van der Waals surface area (Å²) in [6, 6.07) is 17.9. The van der Waals surface area contributed by atoms with E-state index in [4.69, 9.17) is 4.74 Å². The molecule has 0 saturated carbocycles. The molecule has 122 valence electrons. The van der Waals surface area contributed by atoms with Crippen molar-refractivity contribution >= 4 is 17.2 Å². The van der Waals surface area contributed by atoms with Gasteiger partial charge >= 0.3 is 0 Å². The minimum absolute atomic E-state index is 0.0175. The summed E-state index contributed by atoms with van der Waals surface area (Å²) in [6.45, 7) is 2.52. The number of aryl methyl sites for hydroxylation is 1. The smallest absolute Gasteiger partial charge is 0.258 e. The maximum atomic E-state index is 12.0. The summed E-state index contributed by atoms with van der Waals surface area (Å²) in [4.78, 5) is 12.0. The Hall–Kier alpha value is -2.59. The van der Waals surface area contributed by atoms with Gasteiger partial charge in [0.05, 0.1) is 0 Å². The summed E-state index contributed by atoms with van der Waals surface area (Å²) in [5.41, 5.74) is 4.59. The van der Waals surface area contributed by atoms with Crippen LogP contribution in [-0.2, 0) is 11.3 Å². The number of nitrogens with one attached hydrogen (secondary N) is 1. The predicted molar refractivity (Wildman–Crippen MR) is 98.3 cm³/mol. The van der Waals surface area contributed by atoms with E-state index < -0.39 is 0 Å². The van der Waals surface area contributed by atoms with E-state index in [9.17, 15) is 4.79 Å². The van der Waals surface area contributed by atoms with Gasteiger partial charge in [0.2, 0.25) is 0 Å². The van der Waals surface area contributed by atoms with E-state index in [-0.39, 0.29) is 12.5 Å². The molecule has 1 N–H and O–H groups in total. The van der Waals surface area contributed by atoms with Gasteiger partial charge < -0.3 is 10.1 Å². The molecule has 0 aliphatic rings. The monoisotopic (exact) mass is 337 g/mol. The van der Waals surface area contributed by atoms with Crippen LogP contribution in [-0.4, -0.2) is 12.5 Å². The van der Waals surface area contributed by atoms with Crippen molar-refractivity contribution in [1.29, 1.82) is 0 Å². The van der Waals surface area contributed by atoms with Crippen LogP contribution in [0.3, 0.4) is 0 Å². The van der Waals surface area contributed by atoms with Crippen molar-refractivity contribution in [2.75, 3.05) is 6.61 Å². The molecule has 2 aromatic carbocycles. The van der Waals surface area contributed by atoms with Crippen LogP contribution in [0, 0.1) is 6.92 Å². The summed E-state index contributed by atoms with van der Waals surface area (Å²) < 4.78 is 5.50. The van der Waals surface area contributed by atoms with Crippen LogP contribution >= 0.6 is 11.3 Å². The lowest BCUT2D eigenvalue weighted by molar-refractivity contribution is -0.123. The van der Waals surface area contributed by atoms with Crippen LogP contribution < -0.4 is 10.1 Å². The maximum absolute atomic E-state index is 12.0. The summed E-state index contributed by atoms with van der Waals surface area (Å²) in [7, 11) is 0. The molecule has 0 bridgehead atoms. The van der Waals surface area contributed by atoms with Gasteiger partial charge in [-0.3, -0.25) is 4.79 Å². The van der Waals surface area contributed by atoms with Crippen LogP contribution in [0.25, 0.3) is 11.1 Å². The fraction of sp³-hybridized carbons (Fsp3) is 0.150. The van der Waals surface area contributed by atoms with Gasteiger partial charge in [-0.25, -0.2) is 0 Å². The quantitative estimate of drug-likeness (QED) is 0.723. The third-order valence-corrected chi connectivity index (χ3v) is 4.40. The summed E-state index contributed by atoms with van der Waals surface area (Å²) in [5, 5.41) is 7.09. The van der Waals surface area contributed by atoms with Crippen molar-refractivity contribution in [1.82, 2.24) is 5.32 Å². The van der Waals surface area contributed by atoms with E-state index in [1.807, 2.05) is 49.4 Å². The lowest BCUT2D eigenvalue weighted by Crippen LogP contribution is -2.28. The minimum atomic E-state index is -0.129. The van der Waals surface area contributed by atoms with Crippen molar-refractivity contribution in [3.63, 3.8) is 0 Å². The molecule has 0 fully saturated rings. The highest BCUT2D eigenvalue weighted by molar-refractivity contribution is 7.08. The first-order valence-corrected chi connectivity index (χ1v) is 8.73. The van der Waals surface area contributed by atoms with Crippen LogP contribution in [0.4, 0.5) is 0 Å². The van der Waals surface area contributed by atoms with Gasteiger partial charge in [-0.2, -0.15) is 11.3 Å². The molecule has 3 rings (SSSR count). The zero-order chi connectivity index (χ0) is 16.8. The number of hydrogen-bond donors (Lipinski definition) is 1. The van der Waals surface area contributed by atoms with Crippen LogP contribution in [0.15, 0.2) is 65.4 Å². The van der Waals surface area contributed by atoms with Crippen LogP contribution in [0.2, 0.25) is 0 Å². The first kappa shape index (κ1) is 16.3. The molecule has 1 heterocycles. The SMILES string of the molecule is Cc1ccc(OCC(=O)NCc2ccccc2-c2ccsc2)cc1. The molecule has 3 nitrogen and oxygen atoms in total. The largest absolute Gasteiger partial charge is 0.484 e. The molecular formula is C20H19NO2S. The Morgan fingerprint density at radius 2 is 1.88 bits per heavy atom. The van der Waals surface area contributed by atoms with Gasteiger partial charge in [-0.15, -0.1) is 0 Å².